The van der Waals surface area contributed by atoms with Crippen molar-refractivity contribution in [1.29, 1.82) is 0 Å². The Balaban J connectivity index is 2.21. The number of nitrogens with one attached hydrogen (secondary N) is 1. The van der Waals surface area contributed by atoms with Crippen LogP contribution >= 0.6 is 0 Å². The van der Waals surface area contributed by atoms with Crippen molar-refractivity contribution in [3.8, 4) is 0 Å². The van der Waals surface area contributed by atoms with Gasteiger partial charge in [-0.2, -0.15) is 0 Å². The lowest BCUT2D eigenvalue weighted by Crippen LogP contribution is -2.43. The maximum atomic E-state index is 11.4. The third kappa shape index (κ3) is 2.79. The second-order valence-electron chi connectivity index (χ2n) is 4.91. The molecule has 0 bridgehead atoms. The quantitative estimate of drug-likeness (QED) is 0.748. The van der Waals surface area contributed by atoms with Gasteiger partial charge in [-0.05, 0) is 31.9 Å². The Hall–Kier alpha value is -1.62. The standard InChI is InChI=1S/C13H20N4O/c1-8-6-7-9(12(15)18)13(16-8)17-11-5-3-2-4-10(11)14/h6-7,10-11H,2-5,14H2,1H3,(H2,15,18)(H,16,17). The maximum Gasteiger partial charge on any atom is 0.252 e. The number of nitrogens with zero attached hydrogens (tertiary/aromatic N) is 1. The zero-order valence-corrected chi connectivity index (χ0v) is 10.6. The highest BCUT2D eigenvalue weighted by atomic mass is 16.1. The van der Waals surface area contributed by atoms with Gasteiger partial charge in [0.2, 0.25) is 0 Å². The van der Waals surface area contributed by atoms with Gasteiger partial charge in [0.05, 0.1) is 5.56 Å². The number of primary amides is 1. The molecule has 1 aliphatic carbocycles. The van der Waals surface area contributed by atoms with Crippen molar-refractivity contribution in [2.24, 2.45) is 11.5 Å². The first-order valence-corrected chi connectivity index (χ1v) is 6.37. The van der Waals surface area contributed by atoms with Crippen molar-refractivity contribution >= 4 is 11.7 Å². The summed E-state index contributed by atoms with van der Waals surface area (Å²) in [5, 5.41) is 3.28. The van der Waals surface area contributed by atoms with E-state index in [-0.39, 0.29) is 12.1 Å². The van der Waals surface area contributed by atoms with Crippen LogP contribution in [0, 0.1) is 6.92 Å². The van der Waals surface area contributed by atoms with Crippen molar-refractivity contribution in [2.75, 3.05) is 5.32 Å². The van der Waals surface area contributed by atoms with Gasteiger partial charge in [-0.3, -0.25) is 4.79 Å². The summed E-state index contributed by atoms with van der Waals surface area (Å²) < 4.78 is 0. The molecule has 5 nitrogen and oxygen atoms in total. The van der Waals surface area contributed by atoms with Crippen LogP contribution in [0.1, 0.15) is 41.7 Å². The molecular weight excluding hydrogens is 228 g/mol. The molecule has 0 radical (unpaired) electrons. The highest BCUT2D eigenvalue weighted by Crippen LogP contribution is 2.22. The Morgan fingerprint density at radius 1 is 1.39 bits per heavy atom. The third-order valence-electron chi connectivity index (χ3n) is 3.44. The number of pyridine rings is 1. The number of nitrogens with two attached hydrogens (primary N) is 2. The van der Waals surface area contributed by atoms with E-state index >= 15 is 0 Å². The molecule has 2 rings (SSSR count). The first-order valence-electron chi connectivity index (χ1n) is 6.37. The normalized spacial score (nSPS) is 23.7. The monoisotopic (exact) mass is 248 g/mol. The maximum absolute atomic E-state index is 11.4. The van der Waals surface area contributed by atoms with E-state index in [1.54, 1.807) is 12.1 Å². The molecule has 1 saturated carbocycles. The molecule has 1 aliphatic rings. The molecule has 0 aromatic carbocycles. The van der Waals surface area contributed by atoms with Crippen LogP contribution in [0.4, 0.5) is 5.82 Å². The molecular formula is C13H20N4O. The number of aromatic nitrogens is 1. The van der Waals surface area contributed by atoms with Crippen LogP contribution in [0.15, 0.2) is 12.1 Å². The number of hydrogen-bond donors (Lipinski definition) is 3. The average Bonchev–Trinajstić information content (AvgIpc) is 2.32. The lowest BCUT2D eigenvalue weighted by atomic mass is 9.91. The smallest absolute Gasteiger partial charge is 0.252 e. The Morgan fingerprint density at radius 3 is 2.78 bits per heavy atom. The van der Waals surface area contributed by atoms with E-state index in [2.05, 4.69) is 10.3 Å². The number of carbonyl (C=O) groups excluding carboxylic acids is 1. The first kappa shape index (κ1) is 12.8. The van der Waals surface area contributed by atoms with Crippen molar-refractivity contribution in [1.82, 2.24) is 4.98 Å². The van der Waals surface area contributed by atoms with Crippen LogP contribution < -0.4 is 16.8 Å². The fraction of sp³-hybridized carbons (Fsp3) is 0.538. The van der Waals surface area contributed by atoms with Crippen molar-refractivity contribution in [3.05, 3.63) is 23.4 Å². The molecule has 2 unspecified atom stereocenters. The largest absolute Gasteiger partial charge is 0.365 e. The molecule has 1 fully saturated rings. The van der Waals surface area contributed by atoms with E-state index in [0.717, 1.165) is 25.0 Å². The van der Waals surface area contributed by atoms with Crippen LogP contribution in [0.2, 0.25) is 0 Å². The highest BCUT2D eigenvalue weighted by Gasteiger charge is 2.23. The van der Waals surface area contributed by atoms with Crippen LogP contribution in [0.5, 0.6) is 0 Å². The number of anilines is 1. The summed E-state index contributed by atoms with van der Waals surface area (Å²) in [5.74, 6) is 0.0965. The second-order valence-corrected chi connectivity index (χ2v) is 4.91. The van der Waals surface area contributed by atoms with Gasteiger partial charge < -0.3 is 16.8 Å². The minimum Gasteiger partial charge on any atom is -0.365 e. The predicted molar refractivity (Wildman–Crippen MR) is 71.3 cm³/mol. The summed E-state index contributed by atoms with van der Waals surface area (Å²) in [4.78, 5) is 15.7. The average molecular weight is 248 g/mol. The minimum absolute atomic E-state index is 0.113. The fourth-order valence-corrected chi connectivity index (χ4v) is 2.38. The van der Waals surface area contributed by atoms with Crippen molar-refractivity contribution in [3.63, 3.8) is 0 Å². The summed E-state index contributed by atoms with van der Waals surface area (Å²) >= 11 is 0. The summed E-state index contributed by atoms with van der Waals surface area (Å²) in [7, 11) is 0. The zero-order valence-electron chi connectivity index (χ0n) is 10.6. The topological polar surface area (TPSA) is 94.0 Å². The SMILES string of the molecule is Cc1ccc(C(N)=O)c(NC2CCCCC2N)n1. The highest BCUT2D eigenvalue weighted by molar-refractivity contribution is 5.97. The third-order valence-corrected chi connectivity index (χ3v) is 3.44. The Labute approximate surface area is 107 Å². The van der Waals surface area contributed by atoms with Gasteiger partial charge in [0.25, 0.3) is 5.91 Å². The van der Waals surface area contributed by atoms with Crippen LogP contribution in [-0.4, -0.2) is 23.0 Å². The van der Waals surface area contributed by atoms with Gasteiger partial charge in [-0.25, -0.2) is 4.98 Å². The lowest BCUT2D eigenvalue weighted by molar-refractivity contribution is 0.100. The van der Waals surface area contributed by atoms with E-state index in [0.29, 0.717) is 11.4 Å². The first-order chi connectivity index (χ1) is 8.58. The summed E-state index contributed by atoms with van der Waals surface area (Å²) in [6.45, 7) is 1.89. The van der Waals surface area contributed by atoms with Crippen LogP contribution in [0.25, 0.3) is 0 Å². The Bertz CT molecular complexity index is 447. The number of rotatable bonds is 3. The molecule has 5 heteroatoms. The molecule has 18 heavy (non-hydrogen) atoms. The molecule has 2 atom stereocenters. The number of aryl methyl sites for hydroxylation is 1. The fourth-order valence-electron chi connectivity index (χ4n) is 2.38. The van der Waals surface area contributed by atoms with Gasteiger partial charge in [0, 0.05) is 17.8 Å². The number of hydrogen-bond acceptors (Lipinski definition) is 4. The summed E-state index contributed by atoms with van der Waals surface area (Å²) in [6.07, 6.45) is 4.34. The molecule has 0 saturated heterocycles. The summed E-state index contributed by atoms with van der Waals surface area (Å²) in [5.41, 5.74) is 12.7. The zero-order chi connectivity index (χ0) is 13.1. The molecule has 98 valence electrons. The van der Waals surface area contributed by atoms with Crippen LogP contribution in [0.3, 0.4) is 0 Å². The molecule has 1 amide bonds. The Morgan fingerprint density at radius 2 is 2.11 bits per heavy atom. The molecule has 0 spiro atoms. The van der Waals surface area contributed by atoms with Crippen molar-refractivity contribution in [2.45, 2.75) is 44.7 Å². The molecule has 5 N–H and O–H groups in total. The van der Waals surface area contributed by atoms with Crippen molar-refractivity contribution < 1.29 is 4.79 Å². The van der Waals surface area contributed by atoms with E-state index in [9.17, 15) is 4.79 Å². The van der Waals surface area contributed by atoms with Gasteiger partial charge in [-0.1, -0.05) is 12.8 Å². The van der Waals surface area contributed by atoms with Gasteiger partial charge >= 0.3 is 0 Å². The number of amides is 1. The summed E-state index contributed by atoms with van der Waals surface area (Å²) in [6, 6.07) is 3.78. The molecule has 1 aromatic rings. The molecule has 0 aliphatic heterocycles. The van der Waals surface area contributed by atoms with Crippen LogP contribution in [-0.2, 0) is 0 Å². The predicted octanol–water partition coefficient (Wildman–Crippen LogP) is 1.17. The molecule has 1 heterocycles. The van der Waals surface area contributed by atoms with E-state index in [4.69, 9.17) is 11.5 Å². The van der Waals surface area contributed by atoms with E-state index in [1.165, 1.54) is 6.42 Å². The van der Waals surface area contributed by atoms with Gasteiger partial charge in [0.15, 0.2) is 0 Å². The van der Waals surface area contributed by atoms with Gasteiger partial charge in [-0.15, -0.1) is 0 Å². The minimum atomic E-state index is -0.464. The van der Waals surface area contributed by atoms with E-state index in [1.807, 2.05) is 6.92 Å². The van der Waals surface area contributed by atoms with Gasteiger partial charge in [0.1, 0.15) is 5.82 Å². The number of carbonyl (C=O) groups is 1. The Kier molecular flexibility index (Phi) is 3.81. The second kappa shape index (κ2) is 5.35. The lowest BCUT2D eigenvalue weighted by Gasteiger charge is -2.30. The van der Waals surface area contributed by atoms with E-state index < -0.39 is 5.91 Å². The molecule has 1 aromatic heterocycles.